The third-order valence-corrected chi connectivity index (χ3v) is 3.72. The third kappa shape index (κ3) is 1.82. The van der Waals surface area contributed by atoms with Gasteiger partial charge in [-0.2, -0.15) is 0 Å². The second-order valence-electron chi connectivity index (χ2n) is 4.96. The Labute approximate surface area is 121 Å². The van der Waals surface area contributed by atoms with Crippen molar-refractivity contribution in [1.29, 1.82) is 0 Å². The summed E-state index contributed by atoms with van der Waals surface area (Å²) >= 11 is 0. The molecule has 0 unspecified atom stereocenters. The molecular weight excluding hydrogens is 260 g/mol. The van der Waals surface area contributed by atoms with E-state index in [9.17, 15) is 4.79 Å². The highest BCUT2D eigenvalue weighted by Crippen LogP contribution is 2.20. The number of hydrogen-bond donors (Lipinski definition) is 0. The molecule has 0 spiro atoms. The monoisotopic (exact) mass is 272 g/mol. The number of hydrogen-bond acceptors (Lipinski definition) is 2. The van der Waals surface area contributed by atoms with Crippen LogP contribution in [0.4, 0.5) is 0 Å². The second kappa shape index (κ2) is 4.56. The molecule has 100 valence electrons. The second-order valence-corrected chi connectivity index (χ2v) is 4.96. The summed E-state index contributed by atoms with van der Waals surface area (Å²) in [5, 5.41) is 3.71. The zero-order chi connectivity index (χ0) is 14.2. The highest BCUT2D eigenvalue weighted by atomic mass is 16.1. The summed E-state index contributed by atoms with van der Waals surface area (Å²) < 4.78 is 1.66. The Bertz CT molecular complexity index is 1010. The Kier molecular flexibility index (Phi) is 2.57. The zero-order valence-corrected chi connectivity index (χ0v) is 11.2. The van der Waals surface area contributed by atoms with Gasteiger partial charge in [-0.15, -0.1) is 0 Å². The van der Waals surface area contributed by atoms with Gasteiger partial charge in [0, 0.05) is 28.6 Å². The van der Waals surface area contributed by atoms with Crippen LogP contribution in [0, 0.1) is 0 Å². The summed E-state index contributed by atoms with van der Waals surface area (Å²) in [7, 11) is 0. The minimum atomic E-state index is -0.0220. The van der Waals surface area contributed by atoms with Gasteiger partial charge in [0.25, 0.3) is 5.56 Å². The van der Waals surface area contributed by atoms with Gasteiger partial charge in [-0.25, -0.2) is 0 Å². The molecule has 0 fully saturated rings. The zero-order valence-electron chi connectivity index (χ0n) is 11.2. The van der Waals surface area contributed by atoms with Gasteiger partial charge in [0.15, 0.2) is 0 Å². The fourth-order valence-corrected chi connectivity index (χ4v) is 2.67. The molecule has 0 radical (unpaired) electrons. The molecule has 3 nitrogen and oxygen atoms in total. The Balaban J connectivity index is 2.10. The van der Waals surface area contributed by atoms with E-state index in [1.165, 1.54) is 0 Å². The molecule has 2 aromatic heterocycles. The van der Waals surface area contributed by atoms with Crippen LogP contribution in [0.25, 0.3) is 27.2 Å². The summed E-state index contributed by atoms with van der Waals surface area (Å²) in [6.07, 6.45) is 5.36. The summed E-state index contributed by atoms with van der Waals surface area (Å²) in [5.41, 5.74) is 0.787. The van der Waals surface area contributed by atoms with E-state index in [4.69, 9.17) is 0 Å². The van der Waals surface area contributed by atoms with E-state index in [0.717, 1.165) is 21.8 Å². The standard InChI is InChI=1S/C18H12N2O/c21-18-16-8-4-1-5-13(16)9-10-20(18)17-12-19-11-14-6-2-3-7-15(14)17/h1-12H. The first kappa shape index (κ1) is 11.9. The number of benzene rings is 2. The molecule has 0 atom stereocenters. The highest BCUT2D eigenvalue weighted by molar-refractivity contribution is 5.90. The van der Waals surface area contributed by atoms with Gasteiger partial charge < -0.3 is 0 Å². The lowest BCUT2D eigenvalue weighted by Crippen LogP contribution is -2.17. The fraction of sp³-hybridized carbons (Fsp3) is 0. The first-order chi connectivity index (χ1) is 10.3. The lowest BCUT2D eigenvalue weighted by Gasteiger charge is -2.09. The van der Waals surface area contributed by atoms with Crippen molar-refractivity contribution in [2.24, 2.45) is 0 Å². The SMILES string of the molecule is O=c1c2ccccc2ccn1-c1cncc2ccccc12. The van der Waals surface area contributed by atoms with Gasteiger partial charge in [-0.05, 0) is 17.5 Å². The largest absolute Gasteiger partial charge is 0.282 e. The summed E-state index contributed by atoms with van der Waals surface area (Å²) in [6.45, 7) is 0. The first-order valence-electron chi connectivity index (χ1n) is 6.78. The predicted octanol–water partition coefficient (Wildman–Crippen LogP) is 3.54. The molecular formula is C18H12N2O. The van der Waals surface area contributed by atoms with E-state index in [1.54, 1.807) is 10.8 Å². The summed E-state index contributed by atoms with van der Waals surface area (Å²) in [5.74, 6) is 0. The maximum absolute atomic E-state index is 12.7. The lowest BCUT2D eigenvalue weighted by molar-refractivity contribution is 1.01. The molecule has 0 amide bonds. The van der Waals surface area contributed by atoms with Crippen molar-refractivity contribution in [2.45, 2.75) is 0 Å². The molecule has 0 aliphatic rings. The number of pyridine rings is 2. The molecule has 0 aliphatic heterocycles. The van der Waals surface area contributed by atoms with Gasteiger partial charge >= 0.3 is 0 Å². The van der Waals surface area contributed by atoms with Crippen LogP contribution in [-0.4, -0.2) is 9.55 Å². The van der Waals surface area contributed by atoms with Crippen molar-refractivity contribution in [2.75, 3.05) is 0 Å². The highest BCUT2D eigenvalue weighted by Gasteiger charge is 2.07. The maximum Gasteiger partial charge on any atom is 0.263 e. The Morgan fingerprint density at radius 1 is 0.762 bits per heavy atom. The summed E-state index contributed by atoms with van der Waals surface area (Å²) in [6, 6.07) is 17.5. The van der Waals surface area contributed by atoms with Crippen LogP contribution in [0.5, 0.6) is 0 Å². The molecule has 2 aromatic carbocycles. The minimum absolute atomic E-state index is 0.0220. The van der Waals surface area contributed by atoms with Crippen LogP contribution in [0.1, 0.15) is 0 Å². The van der Waals surface area contributed by atoms with Crippen molar-refractivity contribution in [1.82, 2.24) is 9.55 Å². The van der Waals surface area contributed by atoms with E-state index in [1.807, 2.05) is 67.0 Å². The van der Waals surface area contributed by atoms with E-state index in [0.29, 0.717) is 5.39 Å². The smallest absolute Gasteiger partial charge is 0.263 e. The normalized spacial score (nSPS) is 11.0. The third-order valence-electron chi connectivity index (χ3n) is 3.72. The number of aromatic nitrogens is 2. The molecule has 0 N–H and O–H groups in total. The predicted molar refractivity (Wildman–Crippen MR) is 84.8 cm³/mol. The van der Waals surface area contributed by atoms with Gasteiger partial charge in [0.1, 0.15) is 0 Å². The first-order valence-corrected chi connectivity index (χ1v) is 6.78. The average Bonchev–Trinajstić information content (AvgIpc) is 2.55. The van der Waals surface area contributed by atoms with Crippen LogP contribution in [-0.2, 0) is 0 Å². The topological polar surface area (TPSA) is 34.9 Å². The van der Waals surface area contributed by atoms with Crippen molar-refractivity contribution in [3.05, 3.63) is 83.5 Å². The summed E-state index contributed by atoms with van der Waals surface area (Å²) in [4.78, 5) is 17.0. The quantitative estimate of drug-likeness (QED) is 0.531. The lowest BCUT2D eigenvalue weighted by atomic mass is 10.1. The Hall–Kier alpha value is -2.94. The molecule has 0 saturated carbocycles. The van der Waals surface area contributed by atoms with E-state index in [2.05, 4.69) is 4.98 Å². The van der Waals surface area contributed by atoms with Gasteiger partial charge in [0.2, 0.25) is 0 Å². The van der Waals surface area contributed by atoms with Crippen molar-refractivity contribution in [3.63, 3.8) is 0 Å². The molecule has 4 aromatic rings. The van der Waals surface area contributed by atoms with Gasteiger partial charge in [-0.3, -0.25) is 14.3 Å². The molecule has 0 bridgehead atoms. The minimum Gasteiger partial charge on any atom is -0.282 e. The number of rotatable bonds is 1. The number of fused-ring (bicyclic) bond motifs is 2. The molecule has 0 saturated heterocycles. The van der Waals surface area contributed by atoms with Gasteiger partial charge in [-0.1, -0.05) is 42.5 Å². The van der Waals surface area contributed by atoms with Crippen molar-refractivity contribution >= 4 is 21.5 Å². The van der Waals surface area contributed by atoms with Crippen molar-refractivity contribution in [3.8, 4) is 5.69 Å². The maximum atomic E-state index is 12.7. The Morgan fingerprint density at radius 2 is 1.48 bits per heavy atom. The molecule has 3 heteroatoms. The van der Waals surface area contributed by atoms with Crippen molar-refractivity contribution < 1.29 is 0 Å². The van der Waals surface area contributed by atoms with Crippen LogP contribution >= 0.6 is 0 Å². The molecule has 21 heavy (non-hydrogen) atoms. The van der Waals surface area contributed by atoms with Crippen LogP contribution in [0.15, 0.2) is 78.0 Å². The molecule has 4 rings (SSSR count). The van der Waals surface area contributed by atoms with E-state index >= 15 is 0 Å². The molecule has 2 heterocycles. The van der Waals surface area contributed by atoms with E-state index < -0.39 is 0 Å². The fourth-order valence-electron chi connectivity index (χ4n) is 2.67. The van der Waals surface area contributed by atoms with Crippen LogP contribution < -0.4 is 5.56 Å². The van der Waals surface area contributed by atoms with Crippen LogP contribution in [0.2, 0.25) is 0 Å². The number of nitrogens with zero attached hydrogens (tertiary/aromatic N) is 2. The van der Waals surface area contributed by atoms with Gasteiger partial charge in [0.05, 0.1) is 11.9 Å². The Morgan fingerprint density at radius 3 is 2.33 bits per heavy atom. The van der Waals surface area contributed by atoms with Crippen LogP contribution in [0.3, 0.4) is 0 Å². The van der Waals surface area contributed by atoms with E-state index in [-0.39, 0.29) is 5.56 Å². The molecule has 0 aliphatic carbocycles. The average molecular weight is 272 g/mol.